The summed E-state index contributed by atoms with van der Waals surface area (Å²) in [5.74, 6) is 0.341. The topological polar surface area (TPSA) is 97.4 Å². The molecule has 0 aliphatic heterocycles. The summed E-state index contributed by atoms with van der Waals surface area (Å²) in [7, 11) is -1.50. The molecule has 0 unspecified atom stereocenters. The summed E-state index contributed by atoms with van der Waals surface area (Å²) >= 11 is 0. The van der Waals surface area contributed by atoms with E-state index in [4.69, 9.17) is 9.05 Å². The Morgan fingerprint density at radius 2 is 1.79 bits per heavy atom. The highest BCUT2D eigenvalue weighted by atomic mass is 31.2. The van der Waals surface area contributed by atoms with Gasteiger partial charge in [0.15, 0.2) is 11.2 Å². The zero-order chi connectivity index (χ0) is 20.9. The molecular weight excluding hydrogens is 383 g/mol. The Morgan fingerprint density at radius 1 is 1.14 bits per heavy atom. The van der Waals surface area contributed by atoms with Gasteiger partial charge in [-0.05, 0) is 32.6 Å². The van der Waals surface area contributed by atoms with Gasteiger partial charge in [-0.2, -0.15) is 0 Å². The molecule has 0 bridgehead atoms. The lowest BCUT2D eigenvalue weighted by Gasteiger charge is -2.16. The monoisotopic (exact) mass is 414 g/mol. The highest BCUT2D eigenvalue weighted by molar-refractivity contribution is 7.53. The van der Waals surface area contributed by atoms with Crippen LogP contribution in [0, 0.1) is 5.92 Å². The summed E-state index contributed by atoms with van der Waals surface area (Å²) in [5.41, 5.74) is 0.0911. The molecule has 0 atom stereocenters. The summed E-state index contributed by atoms with van der Waals surface area (Å²) in [5, 5.41) is 0. The normalized spacial score (nSPS) is 12.4. The van der Waals surface area contributed by atoms with E-state index in [1.165, 1.54) is 9.13 Å². The van der Waals surface area contributed by atoms with Gasteiger partial charge >= 0.3 is 13.3 Å². The molecule has 0 saturated carbocycles. The number of rotatable bonds is 11. The first-order chi connectivity index (χ1) is 13.2. The molecule has 9 nitrogen and oxygen atoms in total. The summed E-state index contributed by atoms with van der Waals surface area (Å²) < 4.78 is 27.5. The zero-order valence-corrected chi connectivity index (χ0v) is 18.3. The van der Waals surface area contributed by atoms with Crippen molar-refractivity contribution in [2.45, 2.75) is 53.6 Å². The van der Waals surface area contributed by atoms with Gasteiger partial charge in [-0.15, -0.1) is 0 Å². The van der Waals surface area contributed by atoms with E-state index in [1.54, 1.807) is 31.8 Å². The van der Waals surface area contributed by atoms with Crippen LogP contribution in [-0.2, 0) is 33.7 Å². The smallest absolute Gasteiger partial charge is 0.324 e. The number of hydrogen-bond acceptors (Lipinski definition) is 6. The minimum absolute atomic E-state index is 0.243. The predicted octanol–water partition coefficient (Wildman–Crippen LogP) is 2.60. The number of aryl methyl sites for hydroxylation is 1. The Bertz CT molecular complexity index is 949. The molecule has 0 N–H and O–H groups in total. The summed E-state index contributed by atoms with van der Waals surface area (Å²) in [4.78, 5) is 29.8. The molecular formula is C18H31N4O5P. The number of aromatic nitrogens is 4. The number of unbranched alkanes of at least 4 members (excludes halogenated alkanes) is 1. The van der Waals surface area contributed by atoms with Crippen LogP contribution in [0.15, 0.2) is 15.9 Å². The first-order valence-electron chi connectivity index (χ1n) is 9.76. The first-order valence-corrected chi connectivity index (χ1v) is 11.5. The molecule has 2 aromatic rings. The third-order valence-corrected chi connectivity index (χ3v) is 6.55. The molecule has 0 saturated heterocycles. The maximum Gasteiger partial charge on any atom is 0.332 e. The van der Waals surface area contributed by atoms with E-state index >= 15 is 0 Å². The molecule has 2 heterocycles. The molecule has 0 aromatic carbocycles. The van der Waals surface area contributed by atoms with Crippen molar-refractivity contribution >= 4 is 18.8 Å². The van der Waals surface area contributed by atoms with Crippen molar-refractivity contribution in [1.29, 1.82) is 0 Å². The second-order valence-electron chi connectivity index (χ2n) is 7.14. The van der Waals surface area contributed by atoms with Crippen LogP contribution >= 0.6 is 7.60 Å². The molecule has 0 radical (unpaired) electrons. The van der Waals surface area contributed by atoms with E-state index in [0.29, 0.717) is 49.7 Å². The maximum atomic E-state index is 12.9. The average Bonchev–Trinajstić information content (AvgIpc) is 3.02. The lowest BCUT2D eigenvalue weighted by Crippen LogP contribution is -2.39. The van der Waals surface area contributed by atoms with Gasteiger partial charge in [0, 0.05) is 20.1 Å². The molecule has 28 heavy (non-hydrogen) atoms. The number of imidazole rings is 1. The van der Waals surface area contributed by atoms with E-state index in [9.17, 15) is 14.2 Å². The third-order valence-electron chi connectivity index (χ3n) is 4.38. The van der Waals surface area contributed by atoms with E-state index in [-0.39, 0.29) is 18.3 Å². The minimum Gasteiger partial charge on any atom is -0.324 e. The fraction of sp³-hybridized carbons (Fsp3) is 0.722. The Balaban J connectivity index is 2.22. The summed E-state index contributed by atoms with van der Waals surface area (Å²) in [6.45, 7) is 9.17. The van der Waals surface area contributed by atoms with Crippen molar-refractivity contribution in [3.8, 4) is 0 Å². The number of hydrogen-bond donors (Lipinski definition) is 0. The van der Waals surface area contributed by atoms with Gasteiger partial charge in [-0.3, -0.25) is 18.5 Å². The molecule has 0 spiro atoms. The second-order valence-corrected chi connectivity index (χ2v) is 9.32. The minimum atomic E-state index is -3.11. The fourth-order valence-corrected chi connectivity index (χ4v) is 4.92. The van der Waals surface area contributed by atoms with Crippen LogP contribution in [0.1, 0.15) is 40.5 Å². The zero-order valence-electron chi connectivity index (χ0n) is 17.4. The molecule has 2 aromatic heterocycles. The Kier molecular flexibility index (Phi) is 7.80. The van der Waals surface area contributed by atoms with Gasteiger partial charge in [0.25, 0.3) is 5.56 Å². The van der Waals surface area contributed by atoms with Gasteiger partial charge in [-0.25, -0.2) is 9.78 Å². The molecule has 10 heteroatoms. The third kappa shape index (κ3) is 5.01. The summed E-state index contributed by atoms with van der Waals surface area (Å²) in [6.07, 6.45) is 2.91. The largest absolute Gasteiger partial charge is 0.332 e. The van der Waals surface area contributed by atoms with Crippen LogP contribution in [-0.4, -0.2) is 38.1 Å². The maximum absolute atomic E-state index is 12.9. The predicted molar refractivity (Wildman–Crippen MR) is 109 cm³/mol. The molecule has 0 amide bonds. The number of fused-ring (bicyclic) bond motifs is 1. The van der Waals surface area contributed by atoms with Crippen LogP contribution < -0.4 is 11.2 Å². The van der Waals surface area contributed by atoms with Gasteiger partial charge < -0.3 is 13.6 Å². The van der Waals surface area contributed by atoms with Crippen molar-refractivity contribution in [2.24, 2.45) is 13.0 Å². The molecule has 0 aliphatic carbocycles. The van der Waals surface area contributed by atoms with Crippen LogP contribution in [0.5, 0.6) is 0 Å². The quantitative estimate of drug-likeness (QED) is 0.414. The molecule has 158 valence electrons. The lowest BCUT2D eigenvalue weighted by molar-refractivity contribution is 0.219. The van der Waals surface area contributed by atoms with Crippen molar-refractivity contribution in [2.75, 3.05) is 19.4 Å². The SMILES string of the molecule is CCOP(=O)(CCCCn1c(=O)c2c(ncn2CC(C)C)n(C)c1=O)OCC. The standard InChI is InChI=1S/C18H31N4O5P/c1-6-26-28(25,27-7-2)11-9-8-10-22-17(23)15-16(20(5)18(22)24)19-13-21(15)12-14(3)4/h13-14H,6-12H2,1-5H3. The van der Waals surface area contributed by atoms with Crippen LogP contribution in [0.4, 0.5) is 0 Å². The van der Waals surface area contributed by atoms with Crippen molar-refractivity contribution in [1.82, 2.24) is 18.7 Å². The molecule has 0 fully saturated rings. The first kappa shape index (κ1) is 22.6. The van der Waals surface area contributed by atoms with Gasteiger partial charge in [-0.1, -0.05) is 13.8 Å². The van der Waals surface area contributed by atoms with Crippen LogP contribution in [0.25, 0.3) is 11.2 Å². The van der Waals surface area contributed by atoms with E-state index in [0.717, 1.165) is 0 Å². The lowest BCUT2D eigenvalue weighted by atomic mass is 10.2. The second kappa shape index (κ2) is 9.67. The Hall–Kier alpha value is -1.70. The highest BCUT2D eigenvalue weighted by Gasteiger charge is 2.23. The molecule has 0 aliphatic rings. The Morgan fingerprint density at radius 3 is 2.36 bits per heavy atom. The number of nitrogens with zero attached hydrogens (tertiary/aromatic N) is 4. The van der Waals surface area contributed by atoms with Crippen molar-refractivity contribution in [3.05, 3.63) is 27.2 Å². The van der Waals surface area contributed by atoms with Gasteiger partial charge in [0.2, 0.25) is 0 Å². The van der Waals surface area contributed by atoms with Crippen LogP contribution in [0.2, 0.25) is 0 Å². The van der Waals surface area contributed by atoms with Crippen molar-refractivity contribution in [3.63, 3.8) is 0 Å². The van der Waals surface area contributed by atoms with E-state index in [1.807, 2.05) is 0 Å². The van der Waals surface area contributed by atoms with Crippen LogP contribution in [0.3, 0.4) is 0 Å². The van der Waals surface area contributed by atoms with Gasteiger partial charge in [0.1, 0.15) is 0 Å². The van der Waals surface area contributed by atoms with E-state index < -0.39 is 13.3 Å². The highest BCUT2D eigenvalue weighted by Crippen LogP contribution is 2.48. The summed E-state index contributed by atoms with van der Waals surface area (Å²) in [6, 6.07) is 0. The van der Waals surface area contributed by atoms with Crippen molar-refractivity contribution < 1.29 is 13.6 Å². The molecule has 2 rings (SSSR count). The van der Waals surface area contributed by atoms with Gasteiger partial charge in [0.05, 0.1) is 25.7 Å². The average molecular weight is 414 g/mol. The Labute approximate surface area is 164 Å². The fourth-order valence-electron chi connectivity index (χ4n) is 3.19. The van der Waals surface area contributed by atoms with E-state index in [2.05, 4.69) is 18.8 Å².